The number of rotatable bonds is 6. The lowest BCUT2D eigenvalue weighted by Gasteiger charge is -2.08. The Hall–Kier alpha value is -3.09. The highest BCUT2D eigenvalue weighted by Crippen LogP contribution is 2.16. The van der Waals surface area contributed by atoms with Crippen LogP contribution in [0, 0.1) is 6.92 Å². The van der Waals surface area contributed by atoms with Crippen LogP contribution in [-0.2, 0) is 18.3 Å². The molecule has 0 saturated carbocycles. The number of nitrogens with two attached hydrogens (primary N) is 1. The number of primary amides is 1. The van der Waals surface area contributed by atoms with Gasteiger partial charge < -0.3 is 19.6 Å². The van der Waals surface area contributed by atoms with Gasteiger partial charge in [0.1, 0.15) is 11.5 Å². The van der Waals surface area contributed by atoms with Gasteiger partial charge in [0.15, 0.2) is 0 Å². The van der Waals surface area contributed by atoms with Gasteiger partial charge in [-0.1, -0.05) is 12.1 Å². The summed E-state index contributed by atoms with van der Waals surface area (Å²) in [5.41, 5.74) is 7.84. The summed E-state index contributed by atoms with van der Waals surface area (Å²) in [6.07, 6.45) is 2.18. The first-order chi connectivity index (χ1) is 12.0. The Balaban J connectivity index is 1.59. The molecule has 2 N–H and O–H groups in total. The van der Waals surface area contributed by atoms with Gasteiger partial charge in [-0.2, -0.15) is 0 Å². The Morgan fingerprint density at radius 1 is 1.28 bits per heavy atom. The van der Waals surface area contributed by atoms with E-state index in [0.29, 0.717) is 18.7 Å². The van der Waals surface area contributed by atoms with Crippen LogP contribution in [0.25, 0.3) is 11.0 Å². The molecule has 0 fully saturated rings. The molecule has 0 atom stereocenters. The molecule has 2 aromatic heterocycles. The van der Waals surface area contributed by atoms with Gasteiger partial charge >= 0.3 is 5.97 Å². The zero-order chi connectivity index (χ0) is 18.0. The quantitative estimate of drug-likeness (QED) is 0.549. The molecular formula is C18H20N4O3. The first kappa shape index (κ1) is 16.8. The van der Waals surface area contributed by atoms with E-state index >= 15 is 0 Å². The number of fused-ring (bicyclic) bond motifs is 1. The summed E-state index contributed by atoms with van der Waals surface area (Å²) >= 11 is 0. The Labute approximate surface area is 145 Å². The van der Waals surface area contributed by atoms with Crippen molar-refractivity contribution >= 4 is 22.9 Å². The molecule has 0 spiro atoms. The molecule has 0 unspecified atom stereocenters. The summed E-state index contributed by atoms with van der Waals surface area (Å²) in [5.74, 6) is -0.111. The molecule has 0 bridgehead atoms. The van der Waals surface area contributed by atoms with Gasteiger partial charge in [-0.05, 0) is 31.5 Å². The van der Waals surface area contributed by atoms with E-state index in [0.717, 1.165) is 16.9 Å². The molecule has 2 heterocycles. The standard InChI is InChI=1S/C18H20N4O3/c1-12-20-14-6-3-4-7-15(14)22(12)8-5-9-25-18(24)16-10-13(17(19)23)11-21(16)2/h3-4,6-7,10-11H,5,8-9H2,1-2H3,(H2,19,23). The fraction of sp³-hybridized carbons (Fsp3) is 0.278. The number of benzene rings is 1. The number of ether oxygens (including phenoxy) is 1. The predicted octanol–water partition coefficient (Wildman–Crippen LogP) is 2.03. The summed E-state index contributed by atoms with van der Waals surface area (Å²) in [6, 6.07) is 9.38. The maximum absolute atomic E-state index is 12.1. The zero-order valence-electron chi connectivity index (χ0n) is 14.2. The number of hydrogen-bond acceptors (Lipinski definition) is 4. The van der Waals surface area contributed by atoms with Gasteiger partial charge in [0.2, 0.25) is 5.91 Å². The Kier molecular flexibility index (Phi) is 4.56. The smallest absolute Gasteiger partial charge is 0.354 e. The highest BCUT2D eigenvalue weighted by Gasteiger charge is 2.15. The van der Waals surface area contributed by atoms with E-state index in [4.69, 9.17) is 10.5 Å². The average Bonchev–Trinajstić information content (AvgIpc) is 3.11. The van der Waals surface area contributed by atoms with Crippen LogP contribution in [-0.4, -0.2) is 32.6 Å². The third-order valence-corrected chi connectivity index (χ3v) is 4.10. The number of aromatic nitrogens is 3. The first-order valence-electron chi connectivity index (χ1n) is 8.02. The summed E-state index contributed by atoms with van der Waals surface area (Å²) in [5, 5.41) is 0. The molecule has 0 radical (unpaired) electrons. The SMILES string of the molecule is Cc1nc2ccccc2n1CCCOC(=O)c1cc(C(N)=O)cn1C. The minimum Gasteiger partial charge on any atom is -0.461 e. The number of carbonyl (C=O) groups is 2. The van der Waals surface area contributed by atoms with Gasteiger partial charge in [-0.25, -0.2) is 9.78 Å². The average molecular weight is 340 g/mol. The Morgan fingerprint density at radius 3 is 2.76 bits per heavy atom. The second-order valence-corrected chi connectivity index (χ2v) is 5.88. The number of para-hydroxylation sites is 2. The molecule has 7 heteroatoms. The summed E-state index contributed by atoms with van der Waals surface area (Å²) in [4.78, 5) is 27.8. The van der Waals surface area contributed by atoms with Crippen LogP contribution in [0.1, 0.15) is 33.1 Å². The molecule has 1 amide bonds. The highest BCUT2D eigenvalue weighted by atomic mass is 16.5. The molecular weight excluding hydrogens is 320 g/mol. The number of nitrogens with zero attached hydrogens (tertiary/aromatic N) is 3. The second kappa shape index (κ2) is 6.80. The van der Waals surface area contributed by atoms with Crippen LogP contribution in [0.2, 0.25) is 0 Å². The van der Waals surface area contributed by atoms with E-state index in [2.05, 4.69) is 9.55 Å². The van der Waals surface area contributed by atoms with E-state index in [1.807, 2.05) is 31.2 Å². The topological polar surface area (TPSA) is 92.1 Å². The van der Waals surface area contributed by atoms with Crippen LogP contribution >= 0.6 is 0 Å². The maximum atomic E-state index is 12.1. The fourth-order valence-electron chi connectivity index (χ4n) is 2.84. The van der Waals surface area contributed by atoms with Crippen molar-refractivity contribution in [3.8, 4) is 0 Å². The van der Waals surface area contributed by atoms with Crippen molar-refractivity contribution in [1.82, 2.24) is 14.1 Å². The van der Waals surface area contributed by atoms with Gasteiger partial charge in [0.25, 0.3) is 0 Å². The number of aryl methyl sites for hydroxylation is 3. The van der Waals surface area contributed by atoms with Crippen molar-refractivity contribution in [2.24, 2.45) is 12.8 Å². The normalized spacial score (nSPS) is 11.0. The van der Waals surface area contributed by atoms with Crippen molar-refractivity contribution in [2.75, 3.05) is 6.61 Å². The molecule has 7 nitrogen and oxygen atoms in total. The monoisotopic (exact) mass is 340 g/mol. The van der Waals surface area contributed by atoms with Crippen LogP contribution in [0.4, 0.5) is 0 Å². The number of hydrogen-bond donors (Lipinski definition) is 1. The molecule has 0 aliphatic carbocycles. The highest BCUT2D eigenvalue weighted by molar-refractivity contribution is 5.96. The number of carbonyl (C=O) groups excluding carboxylic acids is 2. The second-order valence-electron chi connectivity index (χ2n) is 5.88. The maximum Gasteiger partial charge on any atom is 0.354 e. The van der Waals surface area contributed by atoms with E-state index in [1.165, 1.54) is 16.8 Å². The zero-order valence-corrected chi connectivity index (χ0v) is 14.2. The lowest BCUT2D eigenvalue weighted by Crippen LogP contribution is -2.12. The third kappa shape index (κ3) is 3.40. The number of esters is 1. The van der Waals surface area contributed by atoms with Gasteiger partial charge in [0, 0.05) is 19.8 Å². The minimum atomic E-state index is -0.572. The minimum absolute atomic E-state index is 0.280. The van der Waals surface area contributed by atoms with Gasteiger partial charge in [0.05, 0.1) is 23.2 Å². The molecule has 3 aromatic rings. The number of imidazole rings is 1. The van der Waals surface area contributed by atoms with Gasteiger partial charge in [-0.3, -0.25) is 4.79 Å². The van der Waals surface area contributed by atoms with Crippen LogP contribution < -0.4 is 5.73 Å². The lowest BCUT2D eigenvalue weighted by atomic mass is 10.3. The molecule has 0 aliphatic rings. The largest absolute Gasteiger partial charge is 0.461 e. The fourth-order valence-corrected chi connectivity index (χ4v) is 2.84. The van der Waals surface area contributed by atoms with E-state index in [-0.39, 0.29) is 12.2 Å². The van der Waals surface area contributed by atoms with Crippen molar-refractivity contribution < 1.29 is 14.3 Å². The number of amides is 1. The van der Waals surface area contributed by atoms with Crippen molar-refractivity contribution in [1.29, 1.82) is 0 Å². The molecule has 0 saturated heterocycles. The third-order valence-electron chi connectivity index (χ3n) is 4.10. The van der Waals surface area contributed by atoms with Crippen LogP contribution in [0.5, 0.6) is 0 Å². The van der Waals surface area contributed by atoms with Crippen molar-refractivity contribution in [2.45, 2.75) is 19.9 Å². The summed E-state index contributed by atoms with van der Waals surface area (Å²) in [7, 11) is 1.67. The predicted molar refractivity (Wildman–Crippen MR) is 93.3 cm³/mol. The molecule has 130 valence electrons. The van der Waals surface area contributed by atoms with E-state index in [1.54, 1.807) is 7.05 Å². The first-order valence-corrected chi connectivity index (χ1v) is 8.02. The summed E-state index contributed by atoms with van der Waals surface area (Å²) < 4.78 is 8.95. The Morgan fingerprint density at radius 2 is 2.04 bits per heavy atom. The van der Waals surface area contributed by atoms with Crippen molar-refractivity contribution in [3.63, 3.8) is 0 Å². The van der Waals surface area contributed by atoms with E-state index in [9.17, 15) is 9.59 Å². The molecule has 1 aromatic carbocycles. The molecule has 3 rings (SSSR count). The van der Waals surface area contributed by atoms with Crippen LogP contribution in [0.3, 0.4) is 0 Å². The van der Waals surface area contributed by atoms with Crippen LogP contribution in [0.15, 0.2) is 36.5 Å². The van der Waals surface area contributed by atoms with Crippen molar-refractivity contribution in [3.05, 3.63) is 53.6 Å². The lowest BCUT2D eigenvalue weighted by molar-refractivity contribution is 0.0485. The molecule has 0 aliphatic heterocycles. The Bertz CT molecular complexity index is 939. The van der Waals surface area contributed by atoms with Gasteiger partial charge in [-0.15, -0.1) is 0 Å². The molecule has 25 heavy (non-hydrogen) atoms. The summed E-state index contributed by atoms with van der Waals surface area (Å²) in [6.45, 7) is 2.95. The van der Waals surface area contributed by atoms with E-state index < -0.39 is 11.9 Å².